The lowest BCUT2D eigenvalue weighted by molar-refractivity contribution is -0.113. The van der Waals surface area contributed by atoms with Gasteiger partial charge < -0.3 is 5.32 Å². The largest absolute Gasteiger partial charge is 0.345 e. The van der Waals surface area contributed by atoms with Crippen molar-refractivity contribution in [1.82, 2.24) is 4.31 Å². The number of carbonyl (C=O) groups excluding carboxylic acids is 1. The molecule has 0 spiro atoms. The molecule has 2 aromatic rings. The molecule has 0 bridgehead atoms. The number of hydrogen-bond acceptors (Lipinski definition) is 3. The molecule has 2 aromatic carbocycles. The van der Waals surface area contributed by atoms with Gasteiger partial charge in [-0.2, -0.15) is 8.42 Å². The van der Waals surface area contributed by atoms with Crippen LogP contribution in [0.5, 0.6) is 0 Å². The highest BCUT2D eigenvalue weighted by Crippen LogP contribution is 2.22. The molecule has 0 radical (unpaired) electrons. The molecule has 11 heteroatoms. The molecule has 0 aromatic heterocycles. The fraction of sp³-hybridized carbons (Fsp3) is 0.0588. The molecule has 0 atom stereocenters. The van der Waals surface area contributed by atoms with Gasteiger partial charge in [0.2, 0.25) is 0 Å². The van der Waals surface area contributed by atoms with Gasteiger partial charge in [0, 0.05) is 30.4 Å². The van der Waals surface area contributed by atoms with E-state index >= 15 is 0 Å². The first-order chi connectivity index (χ1) is 13.1. The molecule has 0 saturated heterocycles. The summed E-state index contributed by atoms with van der Waals surface area (Å²) in [6, 6.07) is 5.80. The highest BCUT2D eigenvalue weighted by atomic mass is 32.2. The highest BCUT2D eigenvalue weighted by molar-refractivity contribution is 7.88. The van der Waals surface area contributed by atoms with E-state index in [0.29, 0.717) is 16.4 Å². The summed E-state index contributed by atoms with van der Waals surface area (Å²) in [6.45, 7) is 0. The van der Waals surface area contributed by atoms with Gasteiger partial charge in [-0.25, -0.2) is 21.9 Å². The Balaban J connectivity index is 1.98. The minimum Gasteiger partial charge on any atom is -0.320 e. The van der Waals surface area contributed by atoms with E-state index in [9.17, 15) is 30.8 Å². The summed E-state index contributed by atoms with van der Waals surface area (Å²) in [5.74, 6) is -6.35. The van der Waals surface area contributed by atoms with Gasteiger partial charge in [-0.3, -0.25) is 4.79 Å². The first kappa shape index (κ1) is 19.5. The molecule has 3 rings (SSSR count). The summed E-state index contributed by atoms with van der Waals surface area (Å²) in [5, 5.41) is 2.09. The Morgan fingerprint density at radius 2 is 1.61 bits per heavy atom. The molecule has 6 nitrogen and oxygen atoms in total. The van der Waals surface area contributed by atoms with E-state index in [0.717, 1.165) is 25.3 Å². The van der Waals surface area contributed by atoms with Crippen molar-refractivity contribution in [3.63, 3.8) is 0 Å². The second-order valence-corrected chi connectivity index (χ2v) is 7.29. The van der Waals surface area contributed by atoms with E-state index < -0.39 is 50.8 Å². The zero-order valence-corrected chi connectivity index (χ0v) is 14.9. The Bertz CT molecular complexity index is 1110. The lowest BCUT2D eigenvalue weighted by Crippen LogP contribution is -2.35. The number of benzene rings is 2. The van der Waals surface area contributed by atoms with Crippen molar-refractivity contribution in [3.8, 4) is 0 Å². The molecule has 0 fully saturated rings. The van der Waals surface area contributed by atoms with Crippen molar-refractivity contribution >= 4 is 27.5 Å². The highest BCUT2D eigenvalue weighted by Gasteiger charge is 2.30. The lowest BCUT2D eigenvalue weighted by atomic mass is 10.1. The predicted octanol–water partition coefficient (Wildman–Crippen LogP) is 2.74. The fourth-order valence-electron chi connectivity index (χ4n) is 2.34. The number of likely N-dealkylation sites (N-methyl/N-ethyl adjacent to an activating group) is 1. The summed E-state index contributed by atoms with van der Waals surface area (Å²) < 4.78 is 81.3. The number of allylic oxidation sites excluding steroid dienone is 1. The van der Waals surface area contributed by atoms with Crippen LogP contribution in [0.1, 0.15) is 5.56 Å². The van der Waals surface area contributed by atoms with Crippen LogP contribution < -0.4 is 5.32 Å². The van der Waals surface area contributed by atoms with Gasteiger partial charge in [0.1, 0.15) is 11.5 Å². The van der Waals surface area contributed by atoms with E-state index in [4.69, 9.17) is 0 Å². The summed E-state index contributed by atoms with van der Waals surface area (Å²) in [6.07, 6.45) is 1.11. The molecule has 1 aliphatic rings. The third kappa shape index (κ3) is 3.74. The first-order valence-electron chi connectivity index (χ1n) is 7.61. The van der Waals surface area contributed by atoms with E-state index in [2.05, 4.69) is 9.71 Å². The third-order valence-corrected chi connectivity index (χ3v) is 5.10. The summed E-state index contributed by atoms with van der Waals surface area (Å²) in [5.41, 5.74) is -0.750. The minimum atomic E-state index is -4.29. The SMILES string of the molecule is CN1C(C(=O)Nc2cc(F)c(F)c(F)c2)=CC(c2ccc(F)cc2)=NS1(=O)=O. The van der Waals surface area contributed by atoms with Crippen LogP contribution in [0.15, 0.2) is 52.6 Å². The molecular formula is C17H11F4N3O3S. The Hall–Kier alpha value is -3.21. The van der Waals surface area contributed by atoms with Crippen molar-refractivity contribution in [2.24, 2.45) is 4.40 Å². The fourth-order valence-corrected chi connectivity index (χ4v) is 3.26. The van der Waals surface area contributed by atoms with Crippen molar-refractivity contribution in [2.45, 2.75) is 0 Å². The third-order valence-electron chi connectivity index (χ3n) is 3.79. The van der Waals surface area contributed by atoms with Gasteiger partial charge in [-0.1, -0.05) is 0 Å². The number of carbonyl (C=O) groups is 1. The van der Waals surface area contributed by atoms with Crippen LogP contribution in [0.4, 0.5) is 23.2 Å². The van der Waals surface area contributed by atoms with Crippen LogP contribution in [-0.4, -0.2) is 31.4 Å². The number of nitrogens with one attached hydrogen (secondary N) is 1. The second kappa shape index (κ2) is 7.08. The predicted molar refractivity (Wildman–Crippen MR) is 92.6 cm³/mol. The number of nitrogens with zero attached hydrogens (tertiary/aromatic N) is 2. The van der Waals surface area contributed by atoms with Crippen LogP contribution in [-0.2, 0) is 15.0 Å². The van der Waals surface area contributed by atoms with Crippen LogP contribution in [0, 0.1) is 23.3 Å². The number of rotatable bonds is 3. The Morgan fingerprint density at radius 1 is 1.04 bits per heavy atom. The van der Waals surface area contributed by atoms with Crippen LogP contribution in [0.3, 0.4) is 0 Å². The molecular weight excluding hydrogens is 402 g/mol. The molecule has 1 aliphatic heterocycles. The zero-order chi connectivity index (χ0) is 20.6. The number of hydrogen-bond donors (Lipinski definition) is 1. The normalized spacial score (nSPS) is 15.7. The van der Waals surface area contributed by atoms with Crippen LogP contribution >= 0.6 is 0 Å². The average Bonchev–Trinajstić information content (AvgIpc) is 2.62. The van der Waals surface area contributed by atoms with Crippen LogP contribution in [0.2, 0.25) is 0 Å². The number of anilines is 1. The van der Waals surface area contributed by atoms with E-state index in [1.165, 1.54) is 12.1 Å². The summed E-state index contributed by atoms with van der Waals surface area (Å²) >= 11 is 0. The van der Waals surface area contributed by atoms with E-state index in [1.807, 2.05) is 0 Å². The summed E-state index contributed by atoms with van der Waals surface area (Å²) in [4.78, 5) is 12.5. The Labute approximate surface area is 157 Å². The molecule has 0 saturated carbocycles. The lowest BCUT2D eigenvalue weighted by Gasteiger charge is -2.23. The van der Waals surface area contributed by atoms with Gasteiger partial charge in [-0.15, -0.1) is 4.40 Å². The van der Waals surface area contributed by atoms with Gasteiger partial charge in [0.05, 0.1) is 5.71 Å². The Kier molecular flexibility index (Phi) is 4.94. The van der Waals surface area contributed by atoms with Crippen molar-refractivity contribution in [1.29, 1.82) is 0 Å². The van der Waals surface area contributed by atoms with Gasteiger partial charge in [0.15, 0.2) is 17.5 Å². The second-order valence-electron chi connectivity index (χ2n) is 5.67. The molecule has 1 heterocycles. The van der Waals surface area contributed by atoms with Gasteiger partial charge >= 0.3 is 10.2 Å². The van der Waals surface area contributed by atoms with Crippen molar-refractivity contribution in [3.05, 3.63) is 77.0 Å². The van der Waals surface area contributed by atoms with Gasteiger partial charge in [0.25, 0.3) is 5.91 Å². The smallest absolute Gasteiger partial charge is 0.320 e. The molecule has 1 amide bonds. The number of amides is 1. The maximum absolute atomic E-state index is 13.3. The quantitative estimate of drug-likeness (QED) is 0.621. The minimum absolute atomic E-state index is 0.139. The standard InChI is InChI=1S/C17H11F4N3O3S/c1-24-15(17(25)22-11-6-12(19)16(21)13(20)7-11)8-14(23-28(24,26)27)9-2-4-10(18)5-3-9/h2-8H,1H3,(H,22,25). The topological polar surface area (TPSA) is 78.8 Å². The van der Waals surface area contributed by atoms with Crippen LogP contribution in [0.25, 0.3) is 0 Å². The molecule has 146 valence electrons. The zero-order valence-electron chi connectivity index (χ0n) is 14.1. The molecule has 0 aliphatic carbocycles. The average molecular weight is 413 g/mol. The van der Waals surface area contributed by atoms with Crippen molar-refractivity contribution in [2.75, 3.05) is 12.4 Å². The molecule has 0 unspecified atom stereocenters. The molecule has 28 heavy (non-hydrogen) atoms. The Morgan fingerprint density at radius 3 is 2.18 bits per heavy atom. The van der Waals surface area contributed by atoms with E-state index in [1.54, 1.807) is 0 Å². The number of halogens is 4. The van der Waals surface area contributed by atoms with Crippen molar-refractivity contribution < 1.29 is 30.8 Å². The maximum Gasteiger partial charge on any atom is 0.345 e. The first-order valence-corrected chi connectivity index (χ1v) is 9.00. The molecule has 1 N–H and O–H groups in total. The maximum atomic E-state index is 13.3. The van der Waals surface area contributed by atoms with E-state index in [-0.39, 0.29) is 11.3 Å². The van der Waals surface area contributed by atoms with Gasteiger partial charge in [-0.05, 0) is 30.3 Å². The summed E-state index contributed by atoms with van der Waals surface area (Å²) in [7, 11) is -3.24. The monoisotopic (exact) mass is 413 g/mol.